The summed E-state index contributed by atoms with van der Waals surface area (Å²) in [5, 5.41) is 7.74. The average Bonchev–Trinajstić information content (AvgIpc) is 3.42. The van der Waals surface area contributed by atoms with Gasteiger partial charge in [0.25, 0.3) is 11.8 Å². The van der Waals surface area contributed by atoms with Gasteiger partial charge in [-0.3, -0.25) is 14.9 Å². The van der Waals surface area contributed by atoms with Crippen LogP contribution in [0, 0.1) is 5.82 Å². The zero-order valence-corrected chi connectivity index (χ0v) is 19.3. The van der Waals surface area contributed by atoms with Gasteiger partial charge in [-0.25, -0.2) is 9.07 Å². The number of thiazole rings is 1. The molecule has 1 fully saturated rings. The van der Waals surface area contributed by atoms with Crippen molar-refractivity contribution in [1.29, 1.82) is 0 Å². The first-order valence-corrected chi connectivity index (χ1v) is 11.3. The number of nitrogens with zero attached hydrogens (tertiary/aromatic N) is 4. The molecule has 1 saturated heterocycles. The molecular weight excluding hydrogens is 433 g/mol. The zero-order chi connectivity index (χ0) is 23.0. The van der Waals surface area contributed by atoms with E-state index in [2.05, 4.69) is 15.4 Å². The Hall–Kier alpha value is -2.85. The highest BCUT2D eigenvalue weighted by Gasteiger charge is 2.34. The van der Waals surface area contributed by atoms with Gasteiger partial charge in [0, 0.05) is 19.2 Å². The van der Waals surface area contributed by atoms with Gasteiger partial charge in [-0.2, -0.15) is 10.1 Å². The molecule has 1 aliphatic heterocycles. The molecule has 170 valence electrons. The molecule has 1 atom stereocenters. The molecule has 32 heavy (non-hydrogen) atoms. The van der Waals surface area contributed by atoms with E-state index >= 15 is 0 Å². The summed E-state index contributed by atoms with van der Waals surface area (Å²) in [6, 6.07) is 5.30. The minimum Gasteiger partial charge on any atom is -0.383 e. The third-order valence-electron chi connectivity index (χ3n) is 5.39. The molecule has 4 rings (SSSR count). The van der Waals surface area contributed by atoms with Crippen LogP contribution in [-0.4, -0.2) is 57.8 Å². The lowest BCUT2D eigenvalue weighted by Gasteiger charge is -2.23. The molecule has 3 aromatic rings. The Labute approximate surface area is 189 Å². The highest BCUT2D eigenvalue weighted by Crippen LogP contribution is 2.34. The van der Waals surface area contributed by atoms with Crippen LogP contribution in [0.2, 0.25) is 0 Å². The Bertz CT molecular complexity index is 1150. The molecule has 8 nitrogen and oxygen atoms in total. The smallest absolute Gasteiger partial charge is 0.276 e. The molecule has 2 amide bonds. The van der Waals surface area contributed by atoms with E-state index in [1.807, 2.05) is 25.7 Å². The van der Waals surface area contributed by atoms with Crippen LogP contribution in [0.25, 0.3) is 10.3 Å². The number of likely N-dealkylation sites (tertiary alicyclic amines) is 1. The van der Waals surface area contributed by atoms with Crippen molar-refractivity contribution in [3.05, 3.63) is 41.3 Å². The number of carbonyl (C=O) groups is 2. The van der Waals surface area contributed by atoms with Crippen molar-refractivity contribution in [2.75, 3.05) is 25.6 Å². The first-order valence-electron chi connectivity index (χ1n) is 10.5. The summed E-state index contributed by atoms with van der Waals surface area (Å²) in [5.74, 6) is -0.967. The van der Waals surface area contributed by atoms with Crippen LogP contribution in [-0.2, 0) is 10.3 Å². The number of anilines is 1. The van der Waals surface area contributed by atoms with Crippen molar-refractivity contribution < 1.29 is 18.7 Å². The molecule has 1 N–H and O–H groups in total. The number of amides is 2. The molecule has 0 unspecified atom stereocenters. The van der Waals surface area contributed by atoms with Gasteiger partial charge in [0.1, 0.15) is 10.5 Å². The van der Waals surface area contributed by atoms with Crippen molar-refractivity contribution in [2.45, 2.75) is 45.2 Å². The van der Waals surface area contributed by atoms with Crippen LogP contribution in [0.3, 0.4) is 0 Å². The number of fused-ring (bicyclic) bond motifs is 1. The predicted molar refractivity (Wildman–Crippen MR) is 121 cm³/mol. The fourth-order valence-corrected chi connectivity index (χ4v) is 4.76. The van der Waals surface area contributed by atoms with Gasteiger partial charge in [-0.05, 0) is 57.9 Å². The minimum absolute atomic E-state index is 0.0212. The quantitative estimate of drug-likeness (QED) is 0.625. The maximum atomic E-state index is 13.4. The molecule has 0 saturated carbocycles. The van der Waals surface area contributed by atoms with Crippen LogP contribution < -0.4 is 5.32 Å². The van der Waals surface area contributed by atoms with Gasteiger partial charge in [0.05, 0.1) is 18.2 Å². The number of hydrogen-bond donors (Lipinski definition) is 1. The fraction of sp³-hybridized carbons (Fsp3) is 0.455. The van der Waals surface area contributed by atoms with E-state index in [9.17, 15) is 14.0 Å². The van der Waals surface area contributed by atoms with Crippen LogP contribution in [0.1, 0.15) is 54.5 Å². The number of nitrogens with one attached hydrogen (secondary N) is 1. The summed E-state index contributed by atoms with van der Waals surface area (Å²) < 4.78 is 20.8. The second-order valence-electron chi connectivity index (χ2n) is 8.81. The molecular formula is C22H26FN5O3S. The molecule has 0 spiro atoms. The Balaban J connectivity index is 1.69. The highest BCUT2D eigenvalue weighted by molar-refractivity contribution is 7.22. The number of rotatable bonds is 5. The van der Waals surface area contributed by atoms with Crippen molar-refractivity contribution in [3.8, 4) is 0 Å². The summed E-state index contributed by atoms with van der Waals surface area (Å²) >= 11 is 1.21. The molecule has 3 heterocycles. The first-order chi connectivity index (χ1) is 15.2. The van der Waals surface area contributed by atoms with E-state index in [1.54, 1.807) is 11.8 Å². The topological polar surface area (TPSA) is 89.3 Å². The van der Waals surface area contributed by atoms with E-state index in [0.29, 0.717) is 39.9 Å². The summed E-state index contributed by atoms with van der Waals surface area (Å²) in [5.41, 5.74) is 0.777. The summed E-state index contributed by atoms with van der Waals surface area (Å²) in [6.45, 7) is 7.08. The van der Waals surface area contributed by atoms with Gasteiger partial charge >= 0.3 is 0 Å². The Morgan fingerprint density at radius 3 is 2.66 bits per heavy atom. The molecule has 0 radical (unpaired) electrons. The molecule has 0 bridgehead atoms. The standard InChI is InChI=1S/C22H26FN5O3S/c1-22(2,3)28-18-17(16(26-28)20(30)27-11-5-6-15(27)12-31-4)32-21(24-18)25-19(29)13-7-9-14(23)10-8-13/h7-10,15H,5-6,11-12H2,1-4H3,(H,24,25,29)/t15-/m1/s1. The minimum atomic E-state index is -0.417. The number of benzene rings is 1. The van der Waals surface area contributed by atoms with E-state index in [4.69, 9.17) is 4.74 Å². The van der Waals surface area contributed by atoms with Gasteiger partial charge in [-0.15, -0.1) is 0 Å². The van der Waals surface area contributed by atoms with Gasteiger partial charge in [-0.1, -0.05) is 11.3 Å². The first kappa shape index (κ1) is 22.3. The maximum absolute atomic E-state index is 13.4. The highest BCUT2D eigenvalue weighted by atomic mass is 32.1. The Morgan fingerprint density at radius 2 is 2.00 bits per heavy atom. The van der Waals surface area contributed by atoms with E-state index in [0.717, 1.165) is 12.8 Å². The number of ether oxygens (including phenoxy) is 1. The monoisotopic (exact) mass is 459 g/mol. The number of hydrogen-bond acceptors (Lipinski definition) is 6. The summed E-state index contributed by atoms with van der Waals surface area (Å²) in [6.07, 6.45) is 1.81. The predicted octanol–water partition coefficient (Wildman–Crippen LogP) is 3.89. The van der Waals surface area contributed by atoms with E-state index in [1.165, 1.54) is 35.6 Å². The van der Waals surface area contributed by atoms with E-state index in [-0.39, 0.29) is 11.9 Å². The molecule has 1 aromatic carbocycles. The normalized spacial score (nSPS) is 16.7. The SMILES string of the molecule is COC[C@H]1CCCN1C(=O)c1nn(C(C)(C)C)c2nc(NC(=O)c3ccc(F)cc3)sc12. The number of methoxy groups -OCH3 is 1. The van der Waals surface area contributed by atoms with E-state index < -0.39 is 17.3 Å². The van der Waals surface area contributed by atoms with Crippen molar-refractivity contribution in [1.82, 2.24) is 19.7 Å². The van der Waals surface area contributed by atoms with Gasteiger partial charge in [0.2, 0.25) is 0 Å². The van der Waals surface area contributed by atoms with Gasteiger partial charge in [0.15, 0.2) is 16.5 Å². The number of aromatic nitrogens is 3. The number of carbonyl (C=O) groups excluding carboxylic acids is 2. The molecule has 2 aromatic heterocycles. The zero-order valence-electron chi connectivity index (χ0n) is 18.5. The lowest BCUT2D eigenvalue weighted by molar-refractivity contribution is 0.0625. The largest absolute Gasteiger partial charge is 0.383 e. The van der Waals surface area contributed by atoms with Crippen molar-refractivity contribution in [2.24, 2.45) is 0 Å². The second kappa shape index (κ2) is 8.59. The lowest BCUT2D eigenvalue weighted by atomic mass is 10.1. The van der Waals surface area contributed by atoms with Crippen molar-refractivity contribution in [3.63, 3.8) is 0 Å². The molecule has 10 heteroatoms. The third-order valence-corrected chi connectivity index (χ3v) is 6.35. The maximum Gasteiger partial charge on any atom is 0.276 e. The molecule has 1 aliphatic rings. The second-order valence-corrected chi connectivity index (χ2v) is 9.81. The third kappa shape index (κ3) is 4.24. The number of halogens is 1. The van der Waals surface area contributed by atoms with Crippen LogP contribution in [0.4, 0.5) is 9.52 Å². The van der Waals surface area contributed by atoms with Crippen molar-refractivity contribution >= 4 is 38.6 Å². The summed E-state index contributed by atoms with van der Waals surface area (Å²) in [4.78, 5) is 32.4. The van der Waals surface area contributed by atoms with Crippen LogP contribution >= 0.6 is 11.3 Å². The van der Waals surface area contributed by atoms with Gasteiger partial charge < -0.3 is 9.64 Å². The lowest BCUT2D eigenvalue weighted by Crippen LogP contribution is -2.38. The Morgan fingerprint density at radius 1 is 1.28 bits per heavy atom. The van der Waals surface area contributed by atoms with Crippen LogP contribution in [0.5, 0.6) is 0 Å². The van der Waals surface area contributed by atoms with Crippen LogP contribution in [0.15, 0.2) is 24.3 Å². The summed E-state index contributed by atoms with van der Waals surface area (Å²) in [7, 11) is 1.63. The molecule has 0 aliphatic carbocycles. The average molecular weight is 460 g/mol. The Kier molecular flexibility index (Phi) is 6.00. The fourth-order valence-electron chi connectivity index (χ4n) is 3.84.